The average molecular weight is 423 g/mol. The van der Waals surface area contributed by atoms with E-state index in [0.717, 1.165) is 25.7 Å². The van der Waals surface area contributed by atoms with Crippen molar-refractivity contribution in [1.29, 1.82) is 0 Å². The normalized spacial score (nSPS) is 16.9. The summed E-state index contributed by atoms with van der Waals surface area (Å²) in [5.74, 6) is -0.380. The number of piperidine rings is 1. The molecule has 1 heterocycles. The number of nitrogens with zero attached hydrogens (tertiary/aromatic N) is 1. The molecule has 0 aromatic rings. The van der Waals surface area contributed by atoms with Crippen LogP contribution in [-0.2, 0) is 14.4 Å². The average Bonchev–Trinajstić information content (AvgIpc) is 2.73. The molecular formula is C25H46N2O3. The molecule has 1 saturated heterocycles. The summed E-state index contributed by atoms with van der Waals surface area (Å²) in [7, 11) is 0. The van der Waals surface area contributed by atoms with Crippen molar-refractivity contribution in [2.75, 3.05) is 6.54 Å². The molecule has 1 atom stereocenters. The molecular weight excluding hydrogens is 376 g/mol. The number of carbonyl (C=O) groups is 3. The van der Waals surface area contributed by atoms with Crippen LogP contribution >= 0.6 is 0 Å². The highest BCUT2D eigenvalue weighted by Crippen LogP contribution is 2.16. The number of hydrogen-bond acceptors (Lipinski definition) is 3. The van der Waals surface area contributed by atoms with Crippen LogP contribution in [0.1, 0.15) is 129 Å². The maximum absolute atomic E-state index is 12.5. The Kier molecular flexibility index (Phi) is 15.4. The van der Waals surface area contributed by atoms with E-state index in [1.807, 2.05) is 6.92 Å². The fraction of sp³-hybridized carbons (Fsp3) is 0.880. The molecule has 0 saturated carbocycles. The molecule has 0 radical (unpaired) electrons. The molecule has 0 spiro atoms. The molecule has 0 bridgehead atoms. The molecule has 5 heteroatoms. The first-order chi connectivity index (χ1) is 14.6. The van der Waals surface area contributed by atoms with Crippen LogP contribution in [-0.4, -0.2) is 35.2 Å². The van der Waals surface area contributed by atoms with Crippen molar-refractivity contribution in [2.45, 2.75) is 135 Å². The lowest BCUT2D eigenvalue weighted by molar-refractivity contribution is -0.151. The first-order valence-electron chi connectivity index (χ1n) is 12.7. The number of likely N-dealkylation sites (tertiary alicyclic amines) is 1. The molecule has 3 amide bonds. The molecule has 1 rings (SSSR count). The maximum Gasteiger partial charge on any atom is 0.251 e. The van der Waals surface area contributed by atoms with Crippen LogP contribution in [0.2, 0.25) is 0 Å². The number of carbonyl (C=O) groups excluding carboxylic acids is 3. The summed E-state index contributed by atoms with van der Waals surface area (Å²) >= 11 is 0. The summed E-state index contributed by atoms with van der Waals surface area (Å²) in [5, 5.41) is 2.86. The molecule has 1 unspecified atom stereocenters. The zero-order valence-corrected chi connectivity index (χ0v) is 19.7. The van der Waals surface area contributed by atoms with E-state index in [2.05, 4.69) is 12.2 Å². The smallest absolute Gasteiger partial charge is 0.251 e. The molecule has 174 valence electrons. The van der Waals surface area contributed by atoms with Crippen molar-refractivity contribution in [3.8, 4) is 0 Å². The van der Waals surface area contributed by atoms with Gasteiger partial charge in [-0.2, -0.15) is 0 Å². The third-order valence-corrected chi connectivity index (χ3v) is 6.09. The SMILES string of the molecule is CCCCCCCCCCCCCCCC(=O)NC1CCC(=O)N(CCCC)C1=O. The van der Waals surface area contributed by atoms with Crippen LogP contribution < -0.4 is 5.32 Å². The van der Waals surface area contributed by atoms with Gasteiger partial charge in [-0.3, -0.25) is 19.3 Å². The summed E-state index contributed by atoms with van der Waals surface area (Å²) in [6.07, 6.45) is 19.7. The minimum atomic E-state index is -0.519. The Bertz CT molecular complexity index is 493. The van der Waals surface area contributed by atoms with E-state index < -0.39 is 6.04 Å². The predicted molar refractivity (Wildman–Crippen MR) is 123 cm³/mol. The van der Waals surface area contributed by atoms with E-state index in [1.54, 1.807) is 0 Å². The van der Waals surface area contributed by atoms with E-state index in [1.165, 1.54) is 75.5 Å². The van der Waals surface area contributed by atoms with Gasteiger partial charge in [0.15, 0.2) is 0 Å². The molecule has 1 aliphatic heterocycles. The van der Waals surface area contributed by atoms with Gasteiger partial charge in [0.05, 0.1) is 0 Å². The summed E-state index contributed by atoms with van der Waals surface area (Å²) in [6, 6.07) is -0.519. The second-order valence-electron chi connectivity index (χ2n) is 8.89. The zero-order valence-electron chi connectivity index (χ0n) is 19.7. The minimum absolute atomic E-state index is 0.0544. The number of unbranched alkanes of at least 4 members (excludes halogenated alkanes) is 13. The highest BCUT2D eigenvalue weighted by atomic mass is 16.2. The zero-order chi connectivity index (χ0) is 22.0. The van der Waals surface area contributed by atoms with Crippen molar-refractivity contribution in [3.05, 3.63) is 0 Å². The Hall–Kier alpha value is -1.39. The van der Waals surface area contributed by atoms with Gasteiger partial charge >= 0.3 is 0 Å². The van der Waals surface area contributed by atoms with Crippen molar-refractivity contribution in [3.63, 3.8) is 0 Å². The third kappa shape index (κ3) is 11.7. The maximum atomic E-state index is 12.5. The van der Waals surface area contributed by atoms with Gasteiger partial charge in [-0.05, 0) is 19.3 Å². The Morgan fingerprint density at radius 3 is 1.83 bits per heavy atom. The van der Waals surface area contributed by atoms with E-state index >= 15 is 0 Å². The van der Waals surface area contributed by atoms with Gasteiger partial charge in [-0.25, -0.2) is 0 Å². The predicted octanol–water partition coefficient (Wildman–Crippen LogP) is 5.90. The first-order valence-corrected chi connectivity index (χ1v) is 12.7. The molecule has 0 aliphatic carbocycles. The monoisotopic (exact) mass is 422 g/mol. The fourth-order valence-electron chi connectivity index (χ4n) is 4.09. The molecule has 0 aromatic heterocycles. The number of nitrogens with one attached hydrogen (secondary N) is 1. The van der Waals surface area contributed by atoms with Crippen molar-refractivity contribution >= 4 is 17.7 Å². The quantitative estimate of drug-likeness (QED) is 0.221. The van der Waals surface area contributed by atoms with Gasteiger partial charge in [0, 0.05) is 19.4 Å². The number of amides is 3. The van der Waals surface area contributed by atoms with Crippen LogP contribution in [0.5, 0.6) is 0 Å². The highest BCUT2D eigenvalue weighted by molar-refractivity contribution is 6.01. The van der Waals surface area contributed by atoms with Crippen LogP contribution in [0.25, 0.3) is 0 Å². The number of imide groups is 1. The van der Waals surface area contributed by atoms with E-state index in [-0.39, 0.29) is 17.7 Å². The molecule has 0 aromatic carbocycles. The van der Waals surface area contributed by atoms with Crippen molar-refractivity contribution in [2.24, 2.45) is 0 Å². The molecule has 30 heavy (non-hydrogen) atoms. The Morgan fingerprint density at radius 1 is 0.800 bits per heavy atom. The standard InChI is InChI=1S/C25H46N2O3/c1-3-5-7-8-9-10-11-12-13-14-15-16-17-18-23(28)26-22-19-20-24(29)27(25(22)30)21-6-4-2/h22H,3-21H2,1-2H3,(H,26,28). The van der Waals surface area contributed by atoms with Gasteiger partial charge in [0.1, 0.15) is 6.04 Å². The number of rotatable bonds is 18. The lowest BCUT2D eigenvalue weighted by Gasteiger charge is -2.31. The topological polar surface area (TPSA) is 66.5 Å². The Balaban J connectivity index is 2.02. The van der Waals surface area contributed by atoms with Crippen molar-refractivity contribution < 1.29 is 14.4 Å². The van der Waals surface area contributed by atoms with Crippen LogP contribution in [0.15, 0.2) is 0 Å². The summed E-state index contributed by atoms with van der Waals surface area (Å²) in [5.41, 5.74) is 0. The van der Waals surface area contributed by atoms with Crippen molar-refractivity contribution in [1.82, 2.24) is 10.2 Å². The van der Waals surface area contributed by atoms with E-state index in [4.69, 9.17) is 0 Å². The Labute approximate surface area is 184 Å². The second-order valence-corrected chi connectivity index (χ2v) is 8.89. The molecule has 1 aliphatic rings. The molecule has 1 fully saturated rings. The van der Waals surface area contributed by atoms with Gasteiger partial charge < -0.3 is 5.32 Å². The first kappa shape index (κ1) is 26.6. The molecule has 5 nitrogen and oxygen atoms in total. The summed E-state index contributed by atoms with van der Waals surface area (Å²) in [6.45, 7) is 4.77. The van der Waals surface area contributed by atoms with Crippen LogP contribution in [0, 0.1) is 0 Å². The van der Waals surface area contributed by atoms with Gasteiger partial charge in [0.2, 0.25) is 11.8 Å². The highest BCUT2D eigenvalue weighted by Gasteiger charge is 2.34. The third-order valence-electron chi connectivity index (χ3n) is 6.09. The van der Waals surface area contributed by atoms with Gasteiger partial charge in [-0.1, -0.05) is 97.3 Å². The fourth-order valence-corrected chi connectivity index (χ4v) is 4.09. The van der Waals surface area contributed by atoms with E-state index in [9.17, 15) is 14.4 Å². The van der Waals surface area contributed by atoms with Crippen LogP contribution in [0.4, 0.5) is 0 Å². The lowest BCUT2D eigenvalue weighted by Crippen LogP contribution is -2.54. The molecule has 1 N–H and O–H groups in total. The van der Waals surface area contributed by atoms with E-state index in [0.29, 0.717) is 25.8 Å². The largest absolute Gasteiger partial charge is 0.344 e. The lowest BCUT2D eigenvalue weighted by atomic mass is 10.0. The Morgan fingerprint density at radius 2 is 1.30 bits per heavy atom. The summed E-state index contributed by atoms with van der Waals surface area (Å²) < 4.78 is 0. The van der Waals surface area contributed by atoms with Gasteiger partial charge in [-0.15, -0.1) is 0 Å². The van der Waals surface area contributed by atoms with Crippen LogP contribution in [0.3, 0.4) is 0 Å². The number of hydrogen-bond donors (Lipinski definition) is 1. The van der Waals surface area contributed by atoms with Gasteiger partial charge in [0.25, 0.3) is 5.91 Å². The second kappa shape index (κ2) is 17.3. The summed E-state index contributed by atoms with van der Waals surface area (Å²) in [4.78, 5) is 37.9. The minimum Gasteiger partial charge on any atom is -0.344 e.